The largest absolute Gasteiger partial charge is 0.433 e. The number of aromatic nitrogens is 2. The lowest BCUT2D eigenvalue weighted by molar-refractivity contribution is -0.402. The second-order valence-corrected chi connectivity index (χ2v) is 7.40. The Labute approximate surface area is 182 Å². The minimum Gasteiger partial charge on any atom is -0.395 e. The van der Waals surface area contributed by atoms with E-state index in [1.165, 1.54) is 17.2 Å². The molecule has 160 valence electrons. The predicted octanol–water partition coefficient (Wildman–Crippen LogP) is 4.13. The van der Waals surface area contributed by atoms with Crippen LogP contribution in [0.4, 0.5) is 11.6 Å². The van der Waals surface area contributed by atoms with Crippen LogP contribution in [0.15, 0.2) is 71.4 Å². The highest BCUT2D eigenvalue weighted by Crippen LogP contribution is 2.26. The average molecular weight is 429 g/mol. The zero-order valence-electron chi connectivity index (χ0n) is 16.9. The molecule has 9 heteroatoms. The van der Waals surface area contributed by atoms with E-state index in [0.29, 0.717) is 5.69 Å². The van der Waals surface area contributed by atoms with Gasteiger partial charge < -0.3 is 15.1 Å². The number of anilines is 1. The molecule has 0 radical (unpaired) electrons. The van der Waals surface area contributed by atoms with Gasteiger partial charge in [-0.1, -0.05) is 18.2 Å². The van der Waals surface area contributed by atoms with Crippen LogP contribution in [0.5, 0.6) is 0 Å². The number of nitrogens with one attached hydrogen (secondary N) is 2. The smallest absolute Gasteiger partial charge is 0.395 e. The van der Waals surface area contributed by atoms with Crippen molar-refractivity contribution in [3.05, 3.63) is 88.4 Å². The summed E-state index contributed by atoms with van der Waals surface area (Å²) in [5, 5.41) is 16.7. The number of rotatable bonds is 5. The molecule has 0 unspecified atom stereocenters. The first-order valence-corrected chi connectivity index (χ1v) is 10.1. The Kier molecular flexibility index (Phi) is 5.00. The fourth-order valence-electron chi connectivity index (χ4n) is 3.74. The summed E-state index contributed by atoms with van der Waals surface area (Å²) < 4.78 is 6.96. The van der Waals surface area contributed by atoms with Gasteiger partial charge in [-0.25, -0.2) is 4.98 Å². The molecule has 3 aromatic heterocycles. The van der Waals surface area contributed by atoms with Crippen LogP contribution < -0.4 is 10.6 Å². The fourth-order valence-corrected chi connectivity index (χ4v) is 3.74. The molecule has 0 bridgehead atoms. The van der Waals surface area contributed by atoms with Crippen molar-refractivity contribution in [2.45, 2.75) is 6.42 Å². The third kappa shape index (κ3) is 3.77. The Hall–Kier alpha value is -4.24. The van der Waals surface area contributed by atoms with Crippen molar-refractivity contribution >= 4 is 28.7 Å². The molecule has 2 N–H and O–H groups in total. The van der Waals surface area contributed by atoms with Gasteiger partial charge >= 0.3 is 5.88 Å². The lowest BCUT2D eigenvalue weighted by Gasteiger charge is -2.14. The number of fused-ring (bicyclic) bond motifs is 1. The van der Waals surface area contributed by atoms with E-state index < -0.39 is 16.7 Å². The van der Waals surface area contributed by atoms with Gasteiger partial charge in [0.25, 0.3) is 5.91 Å². The van der Waals surface area contributed by atoms with Crippen LogP contribution in [0.1, 0.15) is 22.5 Å². The number of hydrogen-bond donors (Lipinski definition) is 2. The van der Waals surface area contributed by atoms with Crippen LogP contribution in [0, 0.1) is 10.1 Å². The number of amides is 1. The van der Waals surface area contributed by atoms with Crippen LogP contribution in [0.25, 0.3) is 22.5 Å². The molecule has 1 aromatic carbocycles. The van der Waals surface area contributed by atoms with Crippen molar-refractivity contribution in [2.75, 3.05) is 18.4 Å². The Balaban J connectivity index is 1.34. The van der Waals surface area contributed by atoms with Crippen molar-refractivity contribution in [1.82, 2.24) is 14.7 Å². The zero-order chi connectivity index (χ0) is 22.1. The quantitative estimate of drug-likeness (QED) is 0.364. The Bertz CT molecular complexity index is 1350. The van der Waals surface area contributed by atoms with Gasteiger partial charge in [0.2, 0.25) is 0 Å². The molecule has 32 heavy (non-hydrogen) atoms. The van der Waals surface area contributed by atoms with Crippen molar-refractivity contribution in [3.8, 4) is 11.3 Å². The molecule has 9 nitrogen and oxygen atoms in total. The maximum absolute atomic E-state index is 12.3. The summed E-state index contributed by atoms with van der Waals surface area (Å²) in [6, 6.07) is 13.9. The molecule has 0 spiro atoms. The lowest BCUT2D eigenvalue weighted by Crippen LogP contribution is -2.20. The van der Waals surface area contributed by atoms with E-state index in [4.69, 9.17) is 4.42 Å². The molecule has 5 rings (SSSR count). The van der Waals surface area contributed by atoms with Crippen LogP contribution in [-0.2, 0) is 0 Å². The van der Waals surface area contributed by atoms with Crippen molar-refractivity contribution < 1.29 is 14.1 Å². The number of carbonyl (C=O) groups excluding carboxylic acids is 1. The summed E-state index contributed by atoms with van der Waals surface area (Å²) in [6.07, 6.45) is 7.07. The minimum atomic E-state index is -0.687. The Morgan fingerprint density at radius 1 is 1.16 bits per heavy atom. The first kappa shape index (κ1) is 19.7. The second-order valence-electron chi connectivity index (χ2n) is 7.40. The van der Waals surface area contributed by atoms with E-state index in [9.17, 15) is 14.9 Å². The predicted molar refractivity (Wildman–Crippen MR) is 119 cm³/mol. The normalized spacial score (nSPS) is 13.7. The number of hydrogen-bond acceptors (Lipinski definition) is 6. The highest BCUT2D eigenvalue weighted by Gasteiger charge is 2.17. The van der Waals surface area contributed by atoms with Gasteiger partial charge in [-0.15, -0.1) is 0 Å². The number of nitro groups is 1. The summed E-state index contributed by atoms with van der Waals surface area (Å²) in [4.78, 5) is 26.8. The van der Waals surface area contributed by atoms with Gasteiger partial charge in [-0.2, -0.15) is 0 Å². The van der Waals surface area contributed by atoms with E-state index >= 15 is 0 Å². The van der Waals surface area contributed by atoms with Crippen LogP contribution in [-0.4, -0.2) is 33.3 Å². The summed E-state index contributed by atoms with van der Waals surface area (Å²) >= 11 is 0. The van der Waals surface area contributed by atoms with E-state index in [2.05, 4.69) is 33.8 Å². The number of benzene rings is 1. The van der Waals surface area contributed by atoms with E-state index in [0.717, 1.165) is 42.5 Å². The monoisotopic (exact) mass is 429 g/mol. The third-order valence-electron chi connectivity index (χ3n) is 5.38. The highest BCUT2D eigenvalue weighted by atomic mass is 16.6. The number of imidazole rings is 1. The zero-order valence-corrected chi connectivity index (χ0v) is 16.9. The molecule has 0 atom stereocenters. The number of furan rings is 1. The van der Waals surface area contributed by atoms with Crippen molar-refractivity contribution in [3.63, 3.8) is 0 Å². The summed E-state index contributed by atoms with van der Waals surface area (Å²) in [5.41, 5.74) is 5.81. The Morgan fingerprint density at radius 2 is 2.00 bits per heavy atom. The minimum absolute atomic E-state index is 0.123. The van der Waals surface area contributed by atoms with E-state index in [1.807, 2.05) is 28.9 Å². The first-order chi connectivity index (χ1) is 15.6. The average Bonchev–Trinajstić information content (AvgIpc) is 3.48. The molecule has 4 heterocycles. The molecule has 0 saturated heterocycles. The lowest BCUT2D eigenvalue weighted by atomic mass is 10.0. The molecule has 1 aliphatic heterocycles. The topological polar surface area (TPSA) is 115 Å². The number of carbonyl (C=O) groups is 1. The summed E-state index contributed by atoms with van der Waals surface area (Å²) in [6.45, 7) is 1.87. The third-order valence-corrected chi connectivity index (χ3v) is 5.38. The van der Waals surface area contributed by atoms with Gasteiger partial charge in [-0.05, 0) is 54.4 Å². The van der Waals surface area contributed by atoms with Crippen LogP contribution >= 0.6 is 0 Å². The molecule has 0 saturated carbocycles. The standard InChI is InChI=1S/C23H19N5O4/c29-23(20-5-6-22(32-20)28(30)31)26-18-3-1-16(2-4-18)19-14-25-21-13-17(9-12-27(19)21)15-7-10-24-11-8-15/h1-7,9,12-14,24H,8,10-11H2,(H,26,29). The molecule has 0 fully saturated rings. The Morgan fingerprint density at radius 3 is 2.72 bits per heavy atom. The van der Waals surface area contributed by atoms with Gasteiger partial charge in [0.05, 0.1) is 18.0 Å². The molecular weight excluding hydrogens is 410 g/mol. The van der Waals surface area contributed by atoms with E-state index in [1.54, 1.807) is 12.1 Å². The molecule has 1 amide bonds. The van der Waals surface area contributed by atoms with Gasteiger partial charge in [0.15, 0.2) is 5.76 Å². The maximum Gasteiger partial charge on any atom is 0.433 e. The van der Waals surface area contributed by atoms with Gasteiger partial charge in [-0.3, -0.25) is 19.3 Å². The number of nitrogens with zero attached hydrogens (tertiary/aromatic N) is 3. The molecule has 0 aliphatic carbocycles. The summed E-state index contributed by atoms with van der Waals surface area (Å²) in [5.74, 6) is -1.15. The number of pyridine rings is 1. The second kappa shape index (κ2) is 8.12. The van der Waals surface area contributed by atoms with Crippen LogP contribution in [0.2, 0.25) is 0 Å². The summed E-state index contributed by atoms with van der Waals surface area (Å²) in [7, 11) is 0. The van der Waals surface area contributed by atoms with Gasteiger partial charge in [0, 0.05) is 24.0 Å². The van der Waals surface area contributed by atoms with Crippen molar-refractivity contribution in [1.29, 1.82) is 0 Å². The fraction of sp³-hybridized carbons (Fsp3) is 0.130. The molecule has 4 aromatic rings. The van der Waals surface area contributed by atoms with Crippen LogP contribution in [0.3, 0.4) is 0 Å². The first-order valence-electron chi connectivity index (χ1n) is 10.1. The van der Waals surface area contributed by atoms with E-state index in [-0.39, 0.29) is 5.76 Å². The molecule has 1 aliphatic rings. The maximum atomic E-state index is 12.3. The highest BCUT2D eigenvalue weighted by molar-refractivity contribution is 6.02. The van der Waals surface area contributed by atoms with Crippen molar-refractivity contribution in [2.24, 2.45) is 0 Å². The SMILES string of the molecule is O=C(Nc1ccc(-c2cnc3cc(C4=CCNCC4)ccn23)cc1)c1ccc([N+](=O)[O-])o1. The van der Waals surface area contributed by atoms with Gasteiger partial charge in [0.1, 0.15) is 10.6 Å². The molecular formula is C23H19N5O4.